The molecule has 0 spiro atoms. The van der Waals surface area contributed by atoms with Gasteiger partial charge in [0.1, 0.15) is 5.75 Å². The Kier molecular flexibility index (Phi) is 3.64. The quantitative estimate of drug-likeness (QED) is 0.870. The highest BCUT2D eigenvalue weighted by molar-refractivity contribution is 5.58. The van der Waals surface area contributed by atoms with E-state index in [1.54, 1.807) is 25.1 Å². The van der Waals surface area contributed by atoms with Crippen molar-refractivity contribution in [1.82, 2.24) is 0 Å². The standard InChI is InChI=1S/C10H13F3N2O/c1-15(2)8-4-3-5-9(7(8)6-14)16-10(11,12)13/h3-5H,6,14H2,1-2H3. The molecule has 2 N–H and O–H groups in total. The van der Waals surface area contributed by atoms with Gasteiger partial charge in [0.25, 0.3) is 0 Å². The van der Waals surface area contributed by atoms with E-state index in [1.807, 2.05) is 0 Å². The largest absolute Gasteiger partial charge is 0.573 e. The number of halogens is 3. The number of alkyl halides is 3. The van der Waals surface area contributed by atoms with Crippen LogP contribution in [0.2, 0.25) is 0 Å². The van der Waals surface area contributed by atoms with E-state index < -0.39 is 6.36 Å². The maximum absolute atomic E-state index is 12.1. The third kappa shape index (κ3) is 3.03. The van der Waals surface area contributed by atoms with Crippen LogP contribution >= 0.6 is 0 Å². The minimum atomic E-state index is -4.70. The molecule has 0 atom stereocenters. The first-order valence-corrected chi connectivity index (χ1v) is 4.60. The van der Waals surface area contributed by atoms with Gasteiger partial charge < -0.3 is 15.4 Å². The number of benzene rings is 1. The smallest absolute Gasteiger partial charge is 0.405 e. The van der Waals surface area contributed by atoms with Gasteiger partial charge in [-0.3, -0.25) is 0 Å². The third-order valence-corrected chi connectivity index (χ3v) is 2.02. The molecule has 0 fully saturated rings. The van der Waals surface area contributed by atoms with Crippen LogP contribution in [0, 0.1) is 0 Å². The van der Waals surface area contributed by atoms with Gasteiger partial charge in [-0.15, -0.1) is 13.2 Å². The van der Waals surface area contributed by atoms with Gasteiger partial charge in [-0.1, -0.05) is 6.07 Å². The van der Waals surface area contributed by atoms with Crippen molar-refractivity contribution < 1.29 is 17.9 Å². The lowest BCUT2D eigenvalue weighted by molar-refractivity contribution is -0.274. The van der Waals surface area contributed by atoms with E-state index in [-0.39, 0.29) is 12.3 Å². The minimum Gasteiger partial charge on any atom is -0.405 e. The molecule has 6 heteroatoms. The summed E-state index contributed by atoms with van der Waals surface area (Å²) in [6.07, 6.45) is -4.70. The highest BCUT2D eigenvalue weighted by atomic mass is 19.4. The lowest BCUT2D eigenvalue weighted by Gasteiger charge is -2.20. The topological polar surface area (TPSA) is 38.5 Å². The van der Waals surface area contributed by atoms with Crippen molar-refractivity contribution in [3.8, 4) is 5.75 Å². The van der Waals surface area contributed by atoms with Gasteiger partial charge in [0.2, 0.25) is 0 Å². The van der Waals surface area contributed by atoms with Crippen LogP contribution in [0.4, 0.5) is 18.9 Å². The molecule has 1 aromatic rings. The SMILES string of the molecule is CN(C)c1cccc(OC(F)(F)F)c1CN. The van der Waals surface area contributed by atoms with Crippen molar-refractivity contribution in [2.75, 3.05) is 19.0 Å². The van der Waals surface area contributed by atoms with Crippen LogP contribution in [0.25, 0.3) is 0 Å². The second kappa shape index (κ2) is 4.61. The third-order valence-electron chi connectivity index (χ3n) is 2.02. The average molecular weight is 234 g/mol. The molecule has 0 heterocycles. The Labute approximate surface area is 91.6 Å². The number of nitrogens with two attached hydrogens (primary N) is 1. The number of nitrogens with zero attached hydrogens (tertiary/aromatic N) is 1. The summed E-state index contributed by atoms with van der Waals surface area (Å²) in [4.78, 5) is 1.69. The summed E-state index contributed by atoms with van der Waals surface area (Å²) >= 11 is 0. The first kappa shape index (κ1) is 12.6. The zero-order valence-electron chi connectivity index (χ0n) is 9.01. The lowest BCUT2D eigenvalue weighted by Crippen LogP contribution is -2.20. The van der Waals surface area contributed by atoms with Crippen LogP contribution in [0.5, 0.6) is 5.75 Å². The molecule has 0 amide bonds. The van der Waals surface area contributed by atoms with Crippen LogP contribution in [-0.4, -0.2) is 20.5 Å². The molecule has 0 aliphatic rings. The molecular weight excluding hydrogens is 221 g/mol. The molecule has 0 unspecified atom stereocenters. The number of anilines is 1. The summed E-state index contributed by atoms with van der Waals surface area (Å²) in [5.41, 5.74) is 6.39. The van der Waals surface area contributed by atoms with E-state index >= 15 is 0 Å². The molecule has 1 rings (SSSR count). The van der Waals surface area contributed by atoms with Gasteiger partial charge in [-0.05, 0) is 12.1 Å². The lowest BCUT2D eigenvalue weighted by atomic mass is 10.1. The predicted octanol–water partition coefficient (Wildman–Crippen LogP) is 2.11. The van der Waals surface area contributed by atoms with E-state index in [2.05, 4.69) is 4.74 Å². The Hall–Kier alpha value is -1.43. The molecule has 90 valence electrons. The van der Waals surface area contributed by atoms with E-state index in [4.69, 9.17) is 5.73 Å². The first-order valence-electron chi connectivity index (χ1n) is 4.60. The fraction of sp³-hybridized carbons (Fsp3) is 0.400. The summed E-state index contributed by atoms with van der Waals surface area (Å²) in [7, 11) is 3.46. The summed E-state index contributed by atoms with van der Waals surface area (Å²) < 4.78 is 40.2. The van der Waals surface area contributed by atoms with Crippen LogP contribution in [-0.2, 0) is 6.54 Å². The highest BCUT2D eigenvalue weighted by Gasteiger charge is 2.32. The summed E-state index contributed by atoms with van der Waals surface area (Å²) in [6, 6.07) is 4.43. The zero-order chi connectivity index (χ0) is 12.3. The average Bonchev–Trinajstić information content (AvgIpc) is 2.14. The number of ether oxygens (including phenoxy) is 1. The zero-order valence-corrected chi connectivity index (χ0v) is 9.01. The fourth-order valence-corrected chi connectivity index (χ4v) is 1.40. The molecule has 3 nitrogen and oxygen atoms in total. The van der Waals surface area contributed by atoms with E-state index in [0.717, 1.165) is 0 Å². The van der Waals surface area contributed by atoms with Crippen molar-refractivity contribution in [3.05, 3.63) is 23.8 Å². The van der Waals surface area contributed by atoms with Gasteiger partial charge in [-0.2, -0.15) is 0 Å². The summed E-state index contributed by atoms with van der Waals surface area (Å²) in [5.74, 6) is -0.249. The van der Waals surface area contributed by atoms with Crippen molar-refractivity contribution in [2.45, 2.75) is 12.9 Å². The van der Waals surface area contributed by atoms with Crippen molar-refractivity contribution >= 4 is 5.69 Å². The first-order chi connectivity index (χ1) is 7.35. The molecule has 0 radical (unpaired) electrons. The molecule has 16 heavy (non-hydrogen) atoms. The molecule has 0 saturated heterocycles. The Bertz CT molecular complexity index is 364. The monoisotopic (exact) mass is 234 g/mol. The van der Waals surface area contributed by atoms with Gasteiger partial charge in [0, 0.05) is 31.9 Å². The fourth-order valence-electron chi connectivity index (χ4n) is 1.40. The molecule has 0 bridgehead atoms. The van der Waals surface area contributed by atoms with Gasteiger partial charge in [0.05, 0.1) is 0 Å². The molecule has 0 aliphatic carbocycles. The maximum Gasteiger partial charge on any atom is 0.573 e. The van der Waals surface area contributed by atoms with Crippen molar-refractivity contribution in [1.29, 1.82) is 0 Å². The molecule has 1 aromatic carbocycles. The van der Waals surface area contributed by atoms with Crippen molar-refractivity contribution in [2.24, 2.45) is 5.73 Å². The summed E-state index contributed by atoms with van der Waals surface area (Å²) in [6.45, 7) is -0.0141. The maximum atomic E-state index is 12.1. The second-order valence-electron chi connectivity index (χ2n) is 3.40. The Morgan fingerprint density at radius 1 is 1.31 bits per heavy atom. The molecule has 0 aromatic heterocycles. The molecule has 0 saturated carbocycles. The Morgan fingerprint density at radius 3 is 2.38 bits per heavy atom. The number of rotatable bonds is 3. The normalized spacial score (nSPS) is 11.4. The van der Waals surface area contributed by atoms with Crippen LogP contribution in [0.1, 0.15) is 5.56 Å². The van der Waals surface area contributed by atoms with Crippen molar-refractivity contribution in [3.63, 3.8) is 0 Å². The van der Waals surface area contributed by atoms with Crippen LogP contribution in [0.3, 0.4) is 0 Å². The number of hydrogen-bond donors (Lipinski definition) is 1. The van der Waals surface area contributed by atoms with Crippen LogP contribution < -0.4 is 15.4 Å². The Balaban J connectivity index is 3.14. The summed E-state index contributed by atoms with van der Waals surface area (Å²) in [5, 5.41) is 0. The second-order valence-corrected chi connectivity index (χ2v) is 3.40. The van der Waals surface area contributed by atoms with Gasteiger partial charge in [-0.25, -0.2) is 0 Å². The minimum absolute atomic E-state index is 0.0141. The van der Waals surface area contributed by atoms with E-state index in [1.165, 1.54) is 12.1 Å². The molecular formula is C10H13F3N2O. The number of hydrogen-bond acceptors (Lipinski definition) is 3. The molecule has 0 aliphatic heterocycles. The van der Waals surface area contributed by atoms with Crippen LogP contribution in [0.15, 0.2) is 18.2 Å². The Morgan fingerprint density at radius 2 is 1.94 bits per heavy atom. The van der Waals surface area contributed by atoms with Gasteiger partial charge in [0.15, 0.2) is 0 Å². The highest BCUT2D eigenvalue weighted by Crippen LogP contribution is 2.31. The van der Waals surface area contributed by atoms with Gasteiger partial charge >= 0.3 is 6.36 Å². The predicted molar refractivity (Wildman–Crippen MR) is 55.3 cm³/mol. The van der Waals surface area contributed by atoms with E-state index in [9.17, 15) is 13.2 Å². The van der Waals surface area contributed by atoms with E-state index in [0.29, 0.717) is 11.3 Å².